The third kappa shape index (κ3) is 3.91. The summed E-state index contributed by atoms with van der Waals surface area (Å²) in [6.07, 6.45) is 0.962. The number of nitriles is 1. The summed E-state index contributed by atoms with van der Waals surface area (Å²) >= 11 is -1.91. The third-order valence-electron chi connectivity index (χ3n) is 7.21. The van der Waals surface area contributed by atoms with Gasteiger partial charge in [0.05, 0.1) is 0 Å². The molecule has 2 aliphatic heterocycles. The number of aliphatic hydroxyl groups is 1. The minimum atomic E-state index is -1.91. The Morgan fingerprint density at radius 2 is 2.03 bits per heavy atom. The van der Waals surface area contributed by atoms with Crippen molar-refractivity contribution in [2.45, 2.75) is 61.0 Å². The first kappa shape index (κ1) is 24.5. The first-order valence-corrected chi connectivity index (χ1v) is 20.0. The van der Waals surface area contributed by atoms with Crippen molar-refractivity contribution in [3.8, 4) is 23.2 Å². The molecule has 0 spiro atoms. The molecule has 0 unspecified atom stereocenters. The van der Waals surface area contributed by atoms with E-state index in [1.54, 1.807) is 23.6 Å². The molecule has 9 heteroatoms. The number of aromatic nitrogens is 2. The van der Waals surface area contributed by atoms with Crippen molar-refractivity contribution in [1.82, 2.24) is 9.55 Å². The first-order chi connectivity index (χ1) is 17.1. The fourth-order valence-corrected chi connectivity index (χ4v) is 7.23. The molecule has 1 N–H and O–H groups in total. The molecule has 3 aromatic rings. The number of cyclic esters (lactones) is 1. The Labute approximate surface area is 211 Å². The molecule has 186 valence electrons. The Kier molecular flexibility index (Phi) is 5.96. The minimum absolute atomic E-state index is 0.0376. The number of aryl methyl sites for hydroxylation is 1. The topological polar surface area (TPSA) is 114 Å². The fourth-order valence-electron chi connectivity index (χ4n) is 5.13. The Hall–Kier alpha value is -3.16. The van der Waals surface area contributed by atoms with E-state index in [1.165, 1.54) is 0 Å². The van der Waals surface area contributed by atoms with Crippen LogP contribution in [-0.4, -0.2) is 40.5 Å². The maximum atomic E-state index is 13.6. The fraction of sp³-hybridized carbons (Fsp3) is 0.407. The van der Waals surface area contributed by atoms with Crippen molar-refractivity contribution in [3.63, 3.8) is 0 Å². The van der Waals surface area contributed by atoms with E-state index in [0.717, 1.165) is 33.7 Å². The molecule has 8 nitrogen and oxygen atoms in total. The summed E-state index contributed by atoms with van der Waals surface area (Å²) in [5, 5.41) is 22.1. The van der Waals surface area contributed by atoms with Crippen LogP contribution >= 0.6 is 0 Å². The summed E-state index contributed by atoms with van der Waals surface area (Å²) in [7, 11) is 0. The van der Waals surface area contributed by atoms with Gasteiger partial charge in [-0.1, -0.05) is 0 Å². The van der Waals surface area contributed by atoms with Gasteiger partial charge in [0, 0.05) is 0 Å². The van der Waals surface area contributed by atoms with E-state index in [1.807, 2.05) is 18.2 Å². The van der Waals surface area contributed by atoms with E-state index in [2.05, 4.69) is 17.3 Å². The molecule has 4 heterocycles. The van der Waals surface area contributed by atoms with Gasteiger partial charge in [0.25, 0.3) is 0 Å². The molecule has 1 aromatic carbocycles. The molecular formula is C27H29GeN3O5. The van der Waals surface area contributed by atoms with Gasteiger partial charge in [-0.2, -0.15) is 0 Å². The zero-order valence-corrected chi connectivity index (χ0v) is 23.1. The molecule has 0 bridgehead atoms. The van der Waals surface area contributed by atoms with Crippen molar-refractivity contribution < 1.29 is 19.4 Å². The van der Waals surface area contributed by atoms with Crippen LogP contribution < -0.4 is 10.3 Å². The Morgan fingerprint density at radius 1 is 1.25 bits per heavy atom. The van der Waals surface area contributed by atoms with Gasteiger partial charge >= 0.3 is 212 Å². The standard InChI is InChI=1S/C27H29GeN3O5/c1-5-27(34)21-13-23-24-19(14-31(23)25(32)20(21)15-36-26(27)33)17(8-9-28(2,3)4)18-12-16(35-11-10-29)6-7-22(18)30-24/h6-7,12-13,34H,5,8-9,11,14-15H2,1-4H3/t27-/m0/s1. The van der Waals surface area contributed by atoms with Gasteiger partial charge in [-0.3, -0.25) is 0 Å². The molecule has 2 aliphatic rings. The number of pyridine rings is 2. The molecule has 0 radical (unpaired) electrons. The number of hydrogen-bond donors (Lipinski definition) is 1. The number of carbonyl (C=O) groups is 1. The molecule has 1 atom stereocenters. The van der Waals surface area contributed by atoms with Crippen LogP contribution in [0.3, 0.4) is 0 Å². The van der Waals surface area contributed by atoms with Crippen LogP contribution in [0, 0.1) is 11.3 Å². The molecule has 5 rings (SSSR count). The summed E-state index contributed by atoms with van der Waals surface area (Å²) < 4.78 is 12.4. The van der Waals surface area contributed by atoms with E-state index >= 15 is 0 Å². The average Bonchev–Trinajstić information content (AvgIpc) is 3.21. The molecule has 0 saturated heterocycles. The number of carbonyl (C=O) groups excluding carboxylic acids is 1. The van der Waals surface area contributed by atoms with E-state index in [4.69, 9.17) is 19.7 Å². The maximum absolute atomic E-state index is 13.6. The van der Waals surface area contributed by atoms with Crippen molar-refractivity contribution >= 4 is 30.1 Å². The van der Waals surface area contributed by atoms with Crippen LogP contribution in [-0.2, 0) is 34.7 Å². The van der Waals surface area contributed by atoms with Crippen LogP contribution in [0.5, 0.6) is 5.75 Å². The van der Waals surface area contributed by atoms with Crippen molar-refractivity contribution in [2.24, 2.45) is 0 Å². The predicted octanol–water partition coefficient (Wildman–Crippen LogP) is 3.86. The molecule has 36 heavy (non-hydrogen) atoms. The Morgan fingerprint density at radius 3 is 2.72 bits per heavy atom. The van der Waals surface area contributed by atoms with Gasteiger partial charge in [-0.05, 0) is 0 Å². The SMILES string of the molecule is CC[C@@]1(O)C(=O)OCc2c1cc1n(c2=O)Cc2c-1nc1ccc(OCC#N)cc1c2C[CH2][Ge]([CH3])([CH3])[CH3]. The van der Waals surface area contributed by atoms with Crippen molar-refractivity contribution in [2.75, 3.05) is 6.61 Å². The summed E-state index contributed by atoms with van der Waals surface area (Å²) in [4.78, 5) is 31.0. The molecular weight excluding hydrogens is 519 g/mol. The zero-order valence-electron chi connectivity index (χ0n) is 21.0. The monoisotopic (exact) mass is 549 g/mol. The van der Waals surface area contributed by atoms with Gasteiger partial charge in [0.15, 0.2) is 0 Å². The summed E-state index contributed by atoms with van der Waals surface area (Å²) in [6.45, 7) is 1.88. The number of fused-ring (bicyclic) bond motifs is 5. The number of nitrogens with zero attached hydrogens (tertiary/aromatic N) is 3. The molecule has 0 amide bonds. The normalized spacial score (nSPS) is 18.3. The number of ether oxygens (including phenoxy) is 2. The summed E-state index contributed by atoms with van der Waals surface area (Å²) in [5.41, 5.74) is 2.74. The molecule has 0 aliphatic carbocycles. The van der Waals surface area contributed by atoms with Gasteiger partial charge in [-0.25, -0.2) is 0 Å². The van der Waals surface area contributed by atoms with E-state index in [9.17, 15) is 14.7 Å². The van der Waals surface area contributed by atoms with Crippen LogP contribution in [0.2, 0.25) is 22.5 Å². The van der Waals surface area contributed by atoms with Crippen LogP contribution in [0.25, 0.3) is 22.3 Å². The number of esters is 1. The van der Waals surface area contributed by atoms with Gasteiger partial charge in [0.1, 0.15) is 0 Å². The quantitative estimate of drug-likeness (QED) is 0.288. The molecule has 0 saturated carbocycles. The molecule has 2 aromatic heterocycles. The second-order valence-electron chi connectivity index (χ2n) is 10.7. The summed E-state index contributed by atoms with van der Waals surface area (Å²) in [5.74, 6) is 7.01. The third-order valence-corrected chi connectivity index (χ3v) is 10.9. The van der Waals surface area contributed by atoms with E-state index in [-0.39, 0.29) is 25.2 Å². The van der Waals surface area contributed by atoms with Gasteiger partial charge in [0.2, 0.25) is 0 Å². The number of benzene rings is 1. The van der Waals surface area contributed by atoms with E-state index in [0.29, 0.717) is 34.8 Å². The van der Waals surface area contributed by atoms with E-state index < -0.39 is 24.8 Å². The summed E-state index contributed by atoms with van der Waals surface area (Å²) in [6, 6.07) is 9.36. The van der Waals surface area contributed by atoms with Gasteiger partial charge in [-0.15, -0.1) is 0 Å². The van der Waals surface area contributed by atoms with Crippen molar-refractivity contribution in [3.05, 3.63) is 56.9 Å². The van der Waals surface area contributed by atoms with Crippen LogP contribution in [0.15, 0.2) is 29.1 Å². The second-order valence-corrected chi connectivity index (χ2v) is 22.5. The van der Waals surface area contributed by atoms with Crippen molar-refractivity contribution in [1.29, 1.82) is 5.26 Å². The Bertz CT molecular complexity index is 1520. The van der Waals surface area contributed by atoms with Crippen LogP contribution in [0.1, 0.15) is 35.6 Å². The molecule has 0 fully saturated rings. The van der Waals surface area contributed by atoms with Gasteiger partial charge < -0.3 is 0 Å². The number of hydrogen-bond acceptors (Lipinski definition) is 7. The second kappa shape index (κ2) is 8.75. The average molecular weight is 548 g/mol. The van der Waals surface area contributed by atoms with Crippen LogP contribution in [0.4, 0.5) is 0 Å². The predicted molar refractivity (Wildman–Crippen MR) is 137 cm³/mol. The Balaban J connectivity index is 1.74. The first-order valence-electron chi connectivity index (χ1n) is 12.2. The number of rotatable bonds is 6. The zero-order chi connectivity index (χ0) is 25.8.